The molecule has 0 aliphatic rings. The van der Waals surface area contributed by atoms with E-state index in [1.807, 2.05) is 0 Å². The highest BCUT2D eigenvalue weighted by atomic mass is 32.2. The van der Waals surface area contributed by atoms with Crippen LogP contribution in [0.15, 0.2) is 29.2 Å². The summed E-state index contributed by atoms with van der Waals surface area (Å²) < 4.78 is 69.2. The van der Waals surface area contributed by atoms with Gasteiger partial charge in [-0.15, -0.1) is 4.28 Å². The van der Waals surface area contributed by atoms with Crippen LogP contribution in [0.2, 0.25) is 0 Å². The molecule has 0 saturated carbocycles. The predicted octanol–water partition coefficient (Wildman–Crippen LogP) is 2.68. The number of hydrogen-bond donors (Lipinski definition) is 1. The van der Waals surface area contributed by atoms with E-state index in [-0.39, 0.29) is 4.90 Å². The van der Waals surface area contributed by atoms with Gasteiger partial charge >= 0.3 is 22.4 Å². The van der Waals surface area contributed by atoms with Gasteiger partial charge in [0, 0.05) is 0 Å². The van der Waals surface area contributed by atoms with Crippen LogP contribution in [-0.2, 0) is 19.1 Å². The van der Waals surface area contributed by atoms with Crippen molar-refractivity contribution in [2.24, 2.45) is 0 Å². The summed E-state index contributed by atoms with van der Waals surface area (Å²) in [5.74, 6) is 0. The Balaban J connectivity index is 2.69. The molecule has 0 fully saturated rings. The van der Waals surface area contributed by atoms with Crippen molar-refractivity contribution in [3.8, 4) is 0 Å². The lowest BCUT2D eigenvalue weighted by Crippen LogP contribution is -2.46. The summed E-state index contributed by atoms with van der Waals surface area (Å²) in [5, 5.41) is 0. The molecule has 22 heavy (non-hydrogen) atoms. The number of hydrogen-bond acceptors (Lipinski definition) is 5. The molecule has 1 rings (SSSR count). The maximum absolute atomic E-state index is 12.5. The minimum Gasteiger partial charge on any atom is -0.432 e. The van der Waals surface area contributed by atoms with E-state index in [0.717, 1.165) is 5.56 Å². The fourth-order valence-electron chi connectivity index (χ4n) is 1.15. The molecule has 0 aliphatic carbocycles. The van der Waals surface area contributed by atoms with E-state index >= 15 is 0 Å². The third kappa shape index (κ3) is 4.60. The highest BCUT2D eigenvalue weighted by molar-refractivity contribution is 7.86. The number of carbonyl (C=O) groups excluding carboxylic acids is 1. The van der Waals surface area contributed by atoms with Crippen LogP contribution in [0.4, 0.5) is 18.0 Å². The first kappa shape index (κ1) is 18.2. The SMILES string of the molecule is Cc1ccc(S(=O)(=O)ONC(=O)OC(C)(C)C(F)(F)F)cc1. The Morgan fingerprint density at radius 1 is 1.14 bits per heavy atom. The molecule has 0 aromatic heterocycles. The molecular formula is C12H14F3NO5S. The normalized spacial score (nSPS) is 12.8. The smallest absolute Gasteiger partial charge is 0.432 e. The number of rotatable bonds is 4. The van der Waals surface area contributed by atoms with Crippen molar-refractivity contribution in [1.29, 1.82) is 0 Å². The number of alkyl halides is 3. The van der Waals surface area contributed by atoms with Crippen LogP contribution >= 0.6 is 0 Å². The van der Waals surface area contributed by atoms with Gasteiger partial charge in [-0.2, -0.15) is 27.1 Å². The van der Waals surface area contributed by atoms with Crippen LogP contribution in [0, 0.1) is 6.92 Å². The van der Waals surface area contributed by atoms with Crippen LogP contribution in [0.1, 0.15) is 19.4 Å². The fraction of sp³-hybridized carbons (Fsp3) is 0.417. The number of benzene rings is 1. The fourth-order valence-corrected chi connectivity index (χ4v) is 1.90. The summed E-state index contributed by atoms with van der Waals surface area (Å²) in [6, 6.07) is 5.41. The van der Waals surface area contributed by atoms with Gasteiger partial charge in [0.25, 0.3) is 0 Å². The summed E-state index contributed by atoms with van der Waals surface area (Å²) in [4.78, 5) is 10.9. The van der Waals surface area contributed by atoms with E-state index < -0.39 is 28.0 Å². The van der Waals surface area contributed by atoms with E-state index in [9.17, 15) is 26.4 Å². The Kier molecular flexibility index (Phi) is 5.08. The molecule has 0 spiro atoms. The molecule has 0 atom stereocenters. The summed E-state index contributed by atoms with van der Waals surface area (Å²) >= 11 is 0. The zero-order valence-electron chi connectivity index (χ0n) is 11.9. The van der Waals surface area contributed by atoms with Crippen molar-refractivity contribution in [2.45, 2.75) is 37.4 Å². The average molecular weight is 341 g/mol. The van der Waals surface area contributed by atoms with Gasteiger partial charge in [0.1, 0.15) is 0 Å². The van der Waals surface area contributed by atoms with E-state index in [1.165, 1.54) is 29.7 Å². The van der Waals surface area contributed by atoms with Gasteiger partial charge in [-0.3, -0.25) is 0 Å². The molecule has 124 valence electrons. The second-order valence-electron chi connectivity index (χ2n) is 4.85. The molecule has 1 N–H and O–H groups in total. The van der Waals surface area contributed by atoms with Gasteiger partial charge in [0.15, 0.2) is 0 Å². The van der Waals surface area contributed by atoms with Crippen molar-refractivity contribution >= 4 is 16.2 Å². The maximum Gasteiger partial charge on any atom is 0.433 e. The topological polar surface area (TPSA) is 81.7 Å². The van der Waals surface area contributed by atoms with Crippen LogP contribution in [-0.4, -0.2) is 26.3 Å². The predicted molar refractivity (Wildman–Crippen MR) is 69.2 cm³/mol. The van der Waals surface area contributed by atoms with Crippen molar-refractivity contribution < 1.29 is 35.4 Å². The molecule has 10 heteroatoms. The summed E-state index contributed by atoms with van der Waals surface area (Å²) in [7, 11) is -4.36. The monoisotopic (exact) mass is 341 g/mol. The van der Waals surface area contributed by atoms with Gasteiger partial charge in [-0.05, 0) is 32.9 Å². The highest BCUT2D eigenvalue weighted by Crippen LogP contribution is 2.32. The lowest BCUT2D eigenvalue weighted by Gasteiger charge is -2.27. The number of ether oxygens (including phenoxy) is 1. The molecule has 1 aromatic rings. The lowest BCUT2D eigenvalue weighted by molar-refractivity contribution is -0.245. The molecule has 6 nitrogen and oxygen atoms in total. The number of carbonyl (C=O) groups is 1. The van der Waals surface area contributed by atoms with Crippen molar-refractivity contribution in [2.75, 3.05) is 0 Å². The van der Waals surface area contributed by atoms with E-state index in [1.54, 1.807) is 6.92 Å². The van der Waals surface area contributed by atoms with Crippen LogP contribution in [0.5, 0.6) is 0 Å². The van der Waals surface area contributed by atoms with Crippen molar-refractivity contribution in [3.63, 3.8) is 0 Å². The minimum absolute atomic E-state index is 0.270. The number of halogens is 3. The lowest BCUT2D eigenvalue weighted by atomic mass is 10.1. The van der Waals surface area contributed by atoms with Crippen LogP contribution in [0.3, 0.4) is 0 Å². The molecule has 0 radical (unpaired) electrons. The van der Waals surface area contributed by atoms with Crippen LogP contribution < -0.4 is 5.48 Å². The summed E-state index contributed by atoms with van der Waals surface area (Å²) in [6.07, 6.45) is -6.50. The van der Waals surface area contributed by atoms with Gasteiger partial charge < -0.3 is 4.74 Å². The van der Waals surface area contributed by atoms with Crippen LogP contribution in [0.25, 0.3) is 0 Å². The van der Waals surface area contributed by atoms with E-state index in [2.05, 4.69) is 9.02 Å². The summed E-state index contributed by atoms with van der Waals surface area (Å²) in [5.41, 5.74) is -0.692. The molecule has 0 unspecified atom stereocenters. The standard InChI is InChI=1S/C12H14F3NO5S/c1-8-4-6-9(7-5-8)22(18,19)21-16-10(17)20-11(2,3)12(13,14)15/h4-7H,1-3H3,(H,16,17). The molecular weight excluding hydrogens is 327 g/mol. The maximum atomic E-state index is 12.5. The van der Waals surface area contributed by atoms with E-state index in [0.29, 0.717) is 13.8 Å². The third-order valence-electron chi connectivity index (χ3n) is 2.57. The molecule has 1 amide bonds. The second-order valence-corrected chi connectivity index (χ2v) is 6.40. The van der Waals surface area contributed by atoms with Crippen molar-refractivity contribution in [1.82, 2.24) is 5.48 Å². The van der Waals surface area contributed by atoms with Gasteiger partial charge in [0.2, 0.25) is 5.60 Å². The molecule has 0 saturated heterocycles. The molecule has 0 bridgehead atoms. The molecule has 0 heterocycles. The van der Waals surface area contributed by atoms with Crippen molar-refractivity contribution in [3.05, 3.63) is 29.8 Å². The third-order valence-corrected chi connectivity index (χ3v) is 3.73. The van der Waals surface area contributed by atoms with Gasteiger partial charge in [0.05, 0.1) is 4.90 Å². The largest absolute Gasteiger partial charge is 0.433 e. The second kappa shape index (κ2) is 6.13. The Bertz CT molecular complexity index is 638. The van der Waals surface area contributed by atoms with E-state index in [4.69, 9.17) is 0 Å². The number of hydroxylamine groups is 1. The average Bonchev–Trinajstić information content (AvgIpc) is 2.35. The zero-order chi connectivity index (χ0) is 17.2. The Morgan fingerprint density at radius 3 is 2.09 bits per heavy atom. The number of nitrogens with one attached hydrogen (secondary N) is 1. The minimum atomic E-state index is -4.82. The highest BCUT2D eigenvalue weighted by Gasteiger charge is 2.51. The Morgan fingerprint density at radius 2 is 1.64 bits per heavy atom. The number of amides is 1. The van der Waals surface area contributed by atoms with Gasteiger partial charge in [-0.1, -0.05) is 17.7 Å². The first-order valence-corrected chi connectivity index (χ1v) is 7.32. The Labute approximate surface area is 125 Å². The number of aryl methyl sites for hydroxylation is 1. The first-order valence-electron chi connectivity index (χ1n) is 5.91. The van der Waals surface area contributed by atoms with Gasteiger partial charge in [-0.25, -0.2) is 4.79 Å². The molecule has 0 aliphatic heterocycles. The zero-order valence-corrected chi connectivity index (χ0v) is 12.7. The molecule has 1 aromatic carbocycles. The quantitative estimate of drug-likeness (QED) is 0.852. The Hall–Kier alpha value is -1.81. The summed E-state index contributed by atoms with van der Waals surface area (Å²) in [6.45, 7) is 2.95. The first-order chi connectivity index (χ1) is 9.85.